The molecule has 0 aromatic carbocycles. The van der Waals surface area contributed by atoms with Gasteiger partial charge in [0.25, 0.3) is 0 Å². The predicted octanol–water partition coefficient (Wildman–Crippen LogP) is 0.998. The fourth-order valence-electron chi connectivity index (χ4n) is 2.10. The smallest absolute Gasteiger partial charge is 0.321 e. The molecule has 1 aromatic rings. The van der Waals surface area contributed by atoms with E-state index in [1.807, 2.05) is 0 Å². The molecule has 0 saturated heterocycles. The van der Waals surface area contributed by atoms with Crippen LogP contribution in [0.25, 0.3) is 0 Å². The number of methoxy groups -OCH3 is 1. The van der Waals surface area contributed by atoms with Crippen molar-refractivity contribution in [2.75, 3.05) is 7.11 Å². The van der Waals surface area contributed by atoms with Gasteiger partial charge in [0.15, 0.2) is 5.41 Å². The second-order valence-electron chi connectivity index (χ2n) is 4.14. The van der Waals surface area contributed by atoms with Gasteiger partial charge in [-0.2, -0.15) is 0 Å². The maximum absolute atomic E-state index is 11.2. The van der Waals surface area contributed by atoms with E-state index in [9.17, 15) is 9.59 Å². The maximum atomic E-state index is 11.2. The maximum Gasteiger partial charge on any atom is 0.321 e. The Labute approximate surface area is 107 Å². The van der Waals surface area contributed by atoms with Crippen LogP contribution in [0.15, 0.2) is 6.07 Å². The van der Waals surface area contributed by atoms with Gasteiger partial charge in [0.1, 0.15) is 5.15 Å². The number of hydrogen-bond donors (Lipinski definition) is 2. The number of aliphatic carboxylic acids is 2. The Morgan fingerprint density at radius 2 is 2.00 bits per heavy atom. The van der Waals surface area contributed by atoms with Crippen molar-refractivity contribution in [2.24, 2.45) is 5.41 Å². The zero-order valence-electron chi connectivity index (χ0n) is 9.44. The van der Waals surface area contributed by atoms with Gasteiger partial charge in [-0.25, -0.2) is 4.98 Å². The second kappa shape index (κ2) is 4.13. The van der Waals surface area contributed by atoms with E-state index in [1.165, 1.54) is 13.2 Å². The van der Waals surface area contributed by atoms with Crippen LogP contribution in [0.4, 0.5) is 0 Å². The van der Waals surface area contributed by atoms with E-state index in [1.54, 1.807) is 0 Å². The van der Waals surface area contributed by atoms with Gasteiger partial charge in [-0.05, 0) is 11.1 Å². The minimum atomic E-state index is -1.86. The third-order valence-corrected chi connectivity index (χ3v) is 3.45. The highest BCUT2D eigenvalue weighted by molar-refractivity contribution is 6.30. The Kier molecular flexibility index (Phi) is 2.90. The molecule has 7 heteroatoms. The number of carbonyl (C=O) groups is 2. The van der Waals surface area contributed by atoms with E-state index in [-0.39, 0.29) is 23.9 Å². The van der Waals surface area contributed by atoms with Crippen LogP contribution in [0.2, 0.25) is 5.15 Å². The highest BCUT2D eigenvalue weighted by Crippen LogP contribution is 2.41. The van der Waals surface area contributed by atoms with Gasteiger partial charge in [0, 0.05) is 18.9 Å². The standard InChI is InChI=1S/C11H10ClNO5/c1-18-7-2-5-3-11(9(14)15,10(16)17)4-6(5)8(12)13-7/h2H,3-4H2,1H3,(H,14,15)(H,16,17). The lowest BCUT2D eigenvalue weighted by molar-refractivity contribution is -0.163. The Bertz CT molecular complexity index is 528. The van der Waals surface area contributed by atoms with Crippen molar-refractivity contribution in [3.8, 4) is 5.88 Å². The largest absolute Gasteiger partial charge is 0.481 e. The molecule has 0 radical (unpaired) electrons. The lowest BCUT2D eigenvalue weighted by atomic mass is 9.85. The second-order valence-corrected chi connectivity index (χ2v) is 4.50. The molecule has 0 bridgehead atoms. The molecule has 0 fully saturated rings. The van der Waals surface area contributed by atoms with Crippen LogP contribution in [0.3, 0.4) is 0 Å². The van der Waals surface area contributed by atoms with Crippen LogP contribution in [-0.2, 0) is 22.4 Å². The van der Waals surface area contributed by atoms with E-state index in [2.05, 4.69) is 4.98 Å². The number of nitrogens with zero attached hydrogens (tertiary/aromatic N) is 1. The number of aromatic nitrogens is 1. The number of pyridine rings is 1. The molecular weight excluding hydrogens is 262 g/mol. The summed E-state index contributed by atoms with van der Waals surface area (Å²) in [5, 5.41) is 18.4. The first-order chi connectivity index (χ1) is 8.40. The van der Waals surface area contributed by atoms with Crippen molar-refractivity contribution in [3.63, 3.8) is 0 Å². The highest BCUT2D eigenvalue weighted by Gasteiger charge is 2.52. The first-order valence-electron chi connectivity index (χ1n) is 5.10. The average Bonchev–Trinajstić information content (AvgIpc) is 2.70. The van der Waals surface area contributed by atoms with Crippen molar-refractivity contribution in [3.05, 3.63) is 22.3 Å². The minimum absolute atomic E-state index is 0.0914. The molecule has 0 aliphatic heterocycles. The minimum Gasteiger partial charge on any atom is -0.481 e. The summed E-state index contributed by atoms with van der Waals surface area (Å²) in [6, 6.07) is 1.52. The summed E-state index contributed by atoms with van der Waals surface area (Å²) in [6.07, 6.45) is -0.283. The van der Waals surface area contributed by atoms with E-state index in [4.69, 9.17) is 26.6 Å². The molecule has 1 aliphatic carbocycles. The third kappa shape index (κ3) is 1.69. The third-order valence-electron chi connectivity index (χ3n) is 3.14. The molecule has 18 heavy (non-hydrogen) atoms. The zero-order chi connectivity index (χ0) is 13.5. The summed E-state index contributed by atoms with van der Waals surface area (Å²) >= 11 is 5.91. The molecule has 1 aliphatic rings. The predicted molar refractivity (Wildman–Crippen MR) is 60.9 cm³/mol. The van der Waals surface area contributed by atoms with Crippen LogP contribution in [0.5, 0.6) is 5.88 Å². The van der Waals surface area contributed by atoms with Crippen LogP contribution in [-0.4, -0.2) is 34.2 Å². The van der Waals surface area contributed by atoms with Crippen molar-refractivity contribution in [1.82, 2.24) is 4.98 Å². The molecule has 0 spiro atoms. The zero-order valence-corrected chi connectivity index (χ0v) is 10.2. The highest BCUT2D eigenvalue weighted by atomic mass is 35.5. The molecular formula is C11H10ClNO5. The van der Waals surface area contributed by atoms with Crippen LogP contribution in [0.1, 0.15) is 11.1 Å². The van der Waals surface area contributed by atoms with Gasteiger partial charge >= 0.3 is 11.9 Å². The van der Waals surface area contributed by atoms with Crippen molar-refractivity contribution in [1.29, 1.82) is 0 Å². The lowest BCUT2D eigenvalue weighted by Gasteiger charge is -2.17. The number of rotatable bonds is 3. The van der Waals surface area contributed by atoms with Gasteiger partial charge < -0.3 is 14.9 Å². The number of halogens is 1. The summed E-state index contributed by atoms with van der Waals surface area (Å²) in [7, 11) is 1.40. The van der Waals surface area contributed by atoms with Crippen LogP contribution in [0, 0.1) is 5.41 Å². The fraction of sp³-hybridized carbons (Fsp3) is 0.364. The summed E-state index contributed by atoms with van der Waals surface area (Å²) in [4.78, 5) is 26.4. The summed E-state index contributed by atoms with van der Waals surface area (Å²) in [5.41, 5.74) is -0.848. The molecule has 0 unspecified atom stereocenters. The summed E-state index contributed by atoms with van der Waals surface area (Å²) < 4.78 is 4.92. The van der Waals surface area contributed by atoms with E-state index in [0.717, 1.165) is 0 Å². The number of carboxylic acids is 2. The molecule has 1 heterocycles. The monoisotopic (exact) mass is 271 g/mol. The molecule has 2 rings (SSSR count). The molecule has 6 nitrogen and oxygen atoms in total. The van der Waals surface area contributed by atoms with Gasteiger partial charge in [0.2, 0.25) is 5.88 Å². The summed E-state index contributed by atoms with van der Waals surface area (Å²) in [6.45, 7) is 0. The molecule has 2 N–H and O–H groups in total. The molecule has 96 valence electrons. The van der Waals surface area contributed by atoms with Crippen molar-refractivity contribution in [2.45, 2.75) is 12.8 Å². The van der Waals surface area contributed by atoms with Gasteiger partial charge in [0.05, 0.1) is 7.11 Å². The van der Waals surface area contributed by atoms with Crippen molar-refractivity contribution < 1.29 is 24.5 Å². The first kappa shape index (κ1) is 12.6. The van der Waals surface area contributed by atoms with Crippen LogP contribution >= 0.6 is 11.6 Å². The van der Waals surface area contributed by atoms with Crippen LogP contribution < -0.4 is 4.74 Å². The number of fused-ring (bicyclic) bond motifs is 1. The quantitative estimate of drug-likeness (QED) is 0.629. The topological polar surface area (TPSA) is 96.7 Å². The SMILES string of the molecule is COc1cc2c(c(Cl)n1)CC(C(=O)O)(C(=O)O)C2. The molecule has 0 saturated carbocycles. The van der Waals surface area contributed by atoms with E-state index >= 15 is 0 Å². The number of ether oxygens (including phenoxy) is 1. The van der Waals surface area contributed by atoms with E-state index in [0.29, 0.717) is 11.1 Å². The Balaban J connectivity index is 2.52. The molecule has 0 amide bonds. The average molecular weight is 272 g/mol. The van der Waals surface area contributed by atoms with Crippen molar-refractivity contribution >= 4 is 23.5 Å². The Hall–Kier alpha value is -1.82. The fourth-order valence-corrected chi connectivity index (χ4v) is 2.37. The first-order valence-corrected chi connectivity index (χ1v) is 5.47. The normalized spacial score (nSPS) is 16.1. The summed E-state index contributed by atoms with van der Waals surface area (Å²) in [5.74, 6) is -2.51. The lowest BCUT2D eigenvalue weighted by Crippen LogP contribution is -2.40. The van der Waals surface area contributed by atoms with Gasteiger partial charge in [-0.1, -0.05) is 11.6 Å². The molecule has 1 aromatic heterocycles. The Morgan fingerprint density at radius 3 is 2.50 bits per heavy atom. The number of carboxylic acid groups (broad SMARTS) is 2. The van der Waals surface area contributed by atoms with Gasteiger partial charge in [-0.3, -0.25) is 9.59 Å². The molecule has 0 atom stereocenters. The van der Waals surface area contributed by atoms with E-state index < -0.39 is 17.4 Å². The van der Waals surface area contributed by atoms with Gasteiger partial charge in [-0.15, -0.1) is 0 Å². The number of hydrogen-bond acceptors (Lipinski definition) is 4. The Morgan fingerprint density at radius 1 is 1.39 bits per heavy atom.